The van der Waals surface area contributed by atoms with Crippen molar-refractivity contribution in [2.45, 2.75) is 6.18 Å². The van der Waals surface area contributed by atoms with Crippen LogP contribution in [0.4, 0.5) is 13.2 Å². The number of imidazole rings is 1. The summed E-state index contributed by atoms with van der Waals surface area (Å²) in [6.07, 6.45) is -4.78. The molecule has 1 aromatic heterocycles. The molecular formula is C11H6Cl2F3N3O. The molecule has 3 N–H and O–H groups in total. The van der Waals surface area contributed by atoms with Crippen molar-refractivity contribution in [2.75, 3.05) is 0 Å². The van der Waals surface area contributed by atoms with E-state index < -0.39 is 23.5 Å². The molecule has 1 amide bonds. The summed E-state index contributed by atoms with van der Waals surface area (Å²) in [5.41, 5.74) is 2.86. The Balaban J connectivity index is 2.62. The Morgan fingerprint density at radius 1 is 1.30 bits per heavy atom. The molecule has 106 valence electrons. The van der Waals surface area contributed by atoms with E-state index in [9.17, 15) is 18.0 Å². The van der Waals surface area contributed by atoms with Crippen LogP contribution >= 0.6 is 23.2 Å². The molecule has 0 bridgehead atoms. The van der Waals surface area contributed by atoms with Gasteiger partial charge in [-0.15, -0.1) is 0 Å². The van der Waals surface area contributed by atoms with Crippen LogP contribution in [0.2, 0.25) is 10.0 Å². The first-order chi connectivity index (χ1) is 9.20. The minimum atomic E-state index is -4.78. The number of hydrogen-bond donors (Lipinski definition) is 2. The maximum Gasteiger partial charge on any atom is 0.433 e. The third-order valence-electron chi connectivity index (χ3n) is 2.41. The van der Waals surface area contributed by atoms with Crippen molar-refractivity contribution >= 4 is 29.1 Å². The van der Waals surface area contributed by atoms with Gasteiger partial charge in [0.15, 0.2) is 11.4 Å². The number of rotatable bonds is 2. The molecule has 0 spiro atoms. The van der Waals surface area contributed by atoms with E-state index in [0.29, 0.717) is 5.02 Å². The van der Waals surface area contributed by atoms with E-state index in [2.05, 4.69) is 4.98 Å². The van der Waals surface area contributed by atoms with E-state index in [0.717, 1.165) is 0 Å². The Morgan fingerprint density at radius 2 is 1.95 bits per heavy atom. The SMILES string of the molecule is NC(=O)c1nc(-c2ccc(Cl)cc2Cl)[nH]c1C(F)(F)F. The fourth-order valence-corrected chi connectivity index (χ4v) is 2.06. The van der Waals surface area contributed by atoms with Crippen LogP contribution in [0, 0.1) is 0 Å². The van der Waals surface area contributed by atoms with Crippen LogP contribution in [-0.2, 0) is 6.18 Å². The van der Waals surface area contributed by atoms with E-state index in [-0.39, 0.29) is 16.4 Å². The van der Waals surface area contributed by atoms with Gasteiger partial charge in [0.25, 0.3) is 5.91 Å². The smallest absolute Gasteiger partial charge is 0.364 e. The zero-order valence-electron chi connectivity index (χ0n) is 9.55. The lowest BCUT2D eigenvalue weighted by atomic mass is 10.2. The molecule has 0 unspecified atom stereocenters. The van der Waals surface area contributed by atoms with Crippen LogP contribution in [0.25, 0.3) is 11.4 Å². The summed E-state index contributed by atoms with van der Waals surface area (Å²) in [5.74, 6) is -1.50. The molecule has 0 fully saturated rings. The number of amides is 1. The fourth-order valence-electron chi connectivity index (χ4n) is 1.57. The molecule has 0 atom stereocenters. The summed E-state index contributed by atoms with van der Waals surface area (Å²) in [4.78, 5) is 16.6. The second-order valence-electron chi connectivity index (χ2n) is 3.80. The molecule has 0 aliphatic carbocycles. The Morgan fingerprint density at radius 3 is 2.40 bits per heavy atom. The molecule has 1 aromatic carbocycles. The van der Waals surface area contributed by atoms with Gasteiger partial charge in [-0.25, -0.2) is 4.98 Å². The van der Waals surface area contributed by atoms with Crippen molar-refractivity contribution in [3.8, 4) is 11.4 Å². The van der Waals surface area contributed by atoms with Gasteiger partial charge in [0.05, 0.1) is 5.02 Å². The van der Waals surface area contributed by atoms with Crippen molar-refractivity contribution in [1.29, 1.82) is 0 Å². The van der Waals surface area contributed by atoms with Gasteiger partial charge < -0.3 is 10.7 Å². The average molecular weight is 324 g/mol. The lowest BCUT2D eigenvalue weighted by Crippen LogP contribution is -2.18. The number of nitrogens with one attached hydrogen (secondary N) is 1. The number of carbonyl (C=O) groups is 1. The van der Waals surface area contributed by atoms with Gasteiger partial charge in [-0.1, -0.05) is 23.2 Å². The zero-order valence-corrected chi connectivity index (χ0v) is 11.1. The maximum atomic E-state index is 12.8. The summed E-state index contributed by atoms with van der Waals surface area (Å²) in [5, 5.41) is 0.410. The Kier molecular flexibility index (Phi) is 3.66. The monoisotopic (exact) mass is 323 g/mol. The first-order valence-corrected chi connectivity index (χ1v) is 5.88. The fraction of sp³-hybridized carbons (Fsp3) is 0.0909. The molecule has 0 radical (unpaired) electrons. The second kappa shape index (κ2) is 4.99. The van der Waals surface area contributed by atoms with Crippen LogP contribution in [0.15, 0.2) is 18.2 Å². The molecule has 9 heteroatoms. The van der Waals surface area contributed by atoms with E-state index in [1.807, 2.05) is 4.98 Å². The summed E-state index contributed by atoms with van der Waals surface area (Å²) in [7, 11) is 0. The highest BCUT2D eigenvalue weighted by molar-refractivity contribution is 6.36. The van der Waals surface area contributed by atoms with Crippen LogP contribution < -0.4 is 5.73 Å². The van der Waals surface area contributed by atoms with Gasteiger partial charge in [0.1, 0.15) is 5.82 Å². The molecule has 0 aliphatic rings. The summed E-state index contributed by atoms with van der Waals surface area (Å²) in [6, 6.07) is 4.16. The number of aromatic nitrogens is 2. The Labute approximate surface area is 120 Å². The summed E-state index contributed by atoms with van der Waals surface area (Å²) >= 11 is 11.6. The average Bonchev–Trinajstić information content (AvgIpc) is 2.73. The predicted molar refractivity (Wildman–Crippen MR) is 67.6 cm³/mol. The van der Waals surface area contributed by atoms with E-state index in [4.69, 9.17) is 28.9 Å². The number of alkyl halides is 3. The van der Waals surface area contributed by atoms with Crippen LogP contribution in [0.5, 0.6) is 0 Å². The first kappa shape index (κ1) is 14.7. The first-order valence-electron chi connectivity index (χ1n) is 5.12. The van der Waals surface area contributed by atoms with Gasteiger partial charge in [-0.05, 0) is 18.2 Å². The van der Waals surface area contributed by atoms with Crippen molar-refractivity contribution in [3.63, 3.8) is 0 Å². The third-order valence-corrected chi connectivity index (χ3v) is 2.95. The number of halogens is 5. The van der Waals surface area contributed by atoms with Crippen molar-refractivity contribution < 1.29 is 18.0 Å². The number of hydrogen-bond acceptors (Lipinski definition) is 2. The van der Waals surface area contributed by atoms with Gasteiger partial charge in [0.2, 0.25) is 0 Å². The number of H-pyrrole nitrogens is 1. The van der Waals surface area contributed by atoms with Crippen molar-refractivity contribution in [1.82, 2.24) is 9.97 Å². The van der Waals surface area contributed by atoms with E-state index in [1.54, 1.807) is 0 Å². The van der Waals surface area contributed by atoms with Crippen LogP contribution in [0.3, 0.4) is 0 Å². The standard InChI is InChI=1S/C11H6Cl2F3N3O/c12-4-1-2-5(6(13)3-4)10-18-7(9(17)20)8(19-10)11(14,15)16/h1-3H,(H2,17,20)(H,18,19). The van der Waals surface area contributed by atoms with E-state index in [1.165, 1.54) is 18.2 Å². The van der Waals surface area contributed by atoms with Gasteiger partial charge >= 0.3 is 6.18 Å². The van der Waals surface area contributed by atoms with Crippen molar-refractivity contribution in [3.05, 3.63) is 39.6 Å². The van der Waals surface area contributed by atoms with Gasteiger partial charge in [-0.3, -0.25) is 4.79 Å². The molecular weight excluding hydrogens is 318 g/mol. The van der Waals surface area contributed by atoms with Crippen molar-refractivity contribution in [2.24, 2.45) is 5.73 Å². The summed E-state index contributed by atoms with van der Waals surface area (Å²) in [6.45, 7) is 0. The highest BCUT2D eigenvalue weighted by Crippen LogP contribution is 2.34. The third kappa shape index (κ3) is 2.73. The molecule has 0 saturated carbocycles. The van der Waals surface area contributed by atoms with Gasteiger partial charge in [0, 0.05) is 10.6 Å². The molecule has 0 aliphatic heterocycles. The quantitative estimate of drug-likeness (QED) is 0.887. The summed E-state index contributed by atoms with van der Waals surface area (Å²) < 4.78 is 38.3. The minimum absolute atomic E-state index is 0.0935. The number of nitrogens with two attached hydrogens (primary N) is 1. The zero-order chi connectivity index (χ0) is 15.1. The molecule has 1 heterocycles. The van der Waals surface area contributed by atoms with E-state index >= 15 is 0 Å². The highest BCUT2D eigenvalue weighted by Gasteiger charge is 2.38. The Bertz CT molecular complexity index is 682. The molecule has 20 heavy (non-hydrogen) atoms. The molecule has 2 aromatic rings. The Hall–Kier alpha value is -1.73. The largest absolute Gasteiger partial charge is 0.433 e. The lowest BCUT2D eigenvalue weighted by molar-refractivity contribution is -0.141. The molecule has 2 rings (SSSR count). The normalized spacial score (nSPS) is 11.7. The molecule has 4 nitrogen and oxygen atoms in total. The topological polar surface area (TPSA) is 71.8 Å². The second-order valence-corrected chi connectivity index (χ2v) is 4.64. The number of benzene rings is 1. The predicted octanol–water partition coefficient (Wildman–Crippen LogP) is 3.50. The maximum absolute atomic E-state index is 12.8. The van der Waals surface area contributed by atoms with Crippen LogP contribution in [-0.4, -0.2) is 15.9 Å². The number of carbonyl (C=O) groups excluding carboxylic acids is 1. The number of nitrogens with zero attached hydrogens (tertiary/aromatic N) is 1. The number of aromatic amines is 1. The van der Waals surface area contributed by atoms with Gasteiger partial charge in [-0.2, -0.15) is 13.2 Å². The van der Waals surface area contributed by atoms with Crippen LogP contribution in [0.1, 0.15) is 16.2 Å². The molecule has 0 saturated heterocycles. The number of primary amides is 1. The minimum Gasteiger partial charge on any atom is -0.364 e. The lowest BCUT2D eigenvalue weighted by Gasteiger charge is -2.04. The highest BCUT2D eigenvalue weighted by atomic mass is 35.5.